The van der Waals surface area contributed by atoms with Crippen LogP contribution in [0.5, 0.6) is 0 Å². The highest BCUT2D eigenvalue weighted by Gasteiger charge is 2.19. The summed E-state index contributed by atoms with van der Waals surface area (Å²) in [4.78, 5) is 23.1. The second kappa shape index (κ2) is 5.42. The van der Waals surface area contributed by atoms with Crippen LogP contribution in [0, 0.1) is 0 Å². The fourth-order valence-corrected chi connectivity index (χ4v) is 1.99. The molecule has 1 heterocycles. The number of amides is 1. The van der Waals surface area contributed by atoms with Gasteiger partial charge in [0.05, 0.1) is 10.7 Å². The topological polar surface area (TPSA) is 78.4 Å². The van der Waals surface area contributed by atoms with E-state index in [9.17, 15) is 9.59 Å². The van der Waals surface area contributed by atoms with Gasteiger partial charge in [-0.25, -0.2) is 4.79 Å². The van der Waals surface area contributed by atoms with Gasteiger partial charge in [0.2, 0.25) is 0 Å². The summed E-state index contributed by atoms with van der Waals surface area (Å²) in [6, 6.07) is 4.59. The molecule has 1 aromatic carbocycles. The molecule has 0 aromatic heterocycles. The van der Waals surface area contributed by atoms with Gasteiger partial charge in [-0.2, -0.15) is 0 Å². The Bertz CT molecular complexity index is 575. The highest BCUT2D eigenvalue weighted by molar-refractivity contribution is 6.34. The molecule has 6 heteroatoms. The van der Waals surface area contributed by atoms with Gasteiger partial charge in [-0.05, 0) is 24.6 Å². The molecule has 0 saturated carbocycles. The van der Waals surface area contributed by atoms with Gasteiger partial charge in [0.1, 0.15) is 5.56 Å². The van der Waals surface area contributed by atoms with E-state index in [0.29, 0.717) is 18.7 Å². The Morgan fingerprint density at radius 2 is 2.05 bits per heavy atom. The lowest BCUT2D eigenvalue weighted by Crippen LogP contribution is -2.36. The highest BCUT2D eigenvalue weighted by atomic mass is 35.5. The molecule has 0 aliphatic carbocycles. The zero-order valence-electron chi connectivity index (χ0n) is 10.3. The van der Waals surface area contributed by atoms with Crippen molar-refractivity contribution in [2.45, 2.75) is 6.92 Å². The Balaban J connectivity index is 2.26. The number of benzene rings is 1. The lowest BCUT2D eigenvalue weighted by atomic mass is 10.0. The summed E-state index contributed by atoms with van der Waals surface area (Å²) in [7, 11) is 0. The Hall–Kier alpha value is -1.85. The standard InChI is InChI=1S/C13H13ClN2O3/c1-7(8-5-15-6-8)12(17)16-10-4-2-3-9(14)11(10)13(18)19/h2-4,15H,5-6H2,1H3,(H,16,17)(H,18,19). The van der Waals surface area contributed by atoms with Crippen molar-refractivity contribution in [1.82, 2.24) is 5.32 Å². The summed E-state index contributed by atoms with van der Waals surface area (Å²) < 4.78 is 0. The zero-order chi connectivity index (χ0) is 14.0. The van der Waals surface area contributed by atoms with E-state index in [1.807, 2.05) is 0 Å². The van der Waals surface area contributed by atoms with Crippen molar-refractivity contribution >= 4 is 29.2 Å². The summed E-state index contributed by atoms with van der Waals surface area (Å²) >= 11 is 5.83. The first kappa shape index (κ1) is 13.6. The quantitative estimate of drug-likeness (QED) is 0.739. The van der Waals surface area contributed by atoms with Gasteiger partial charge in [-0.1, -0.05) is 17.7 Å². The van der Waals surface area contributed by atoms with E-state index in [4.69, 9.17) is 16.7 Å². The Morgan fingerprint density at radius 3 is 2.58 bits per heavy atom. The number of hydrogen-bond acceptors (Lipinski definition) is 3. The molecule has 2 rings (SSSR count). The first-order valence-corrected chi connectivity index (χ1v) is 6.11. The van der Waals surface area contributed by atoms with E-state index in [1.165, 1.54) is 12.1 Å². The van der Waals surface area contributed by atoms with Gasteiger partial charge in [0, 0.05) is 18.7 Å². The van der Waals surface area contributed by atoms with Crippen LogP contribution in [0.3, 0.4) is 0 Å². The van der Waals surface area contributed by atoms with Crippen LogP contribution in [0.4, 0.5) is 5.69 Å². The van der Waals surface area contributed by atoms with Crippen molar-refractivity contribution in [2.24, 2.45) is 0 Å². The highest BCUT2D eigenvalue weighted by Crippen LogP contribution is 2.25. The van der Waals surface area contributed by atoms with Gasteiger partial charge in [-0.3, -0.25) is 4.79 Å². The number of halogens is 1. The maximum absolute atomic E-state index is 12.0. The summed E-state index contributed by atoms with van der Waals surface area (Å²) in [5, 5.41) is 14.8. The molecule has 0 atom stereocenters. The molecule has 1 amide bonds. The van der Waals surface area contributed by atoms with Crippen molar-refractivity contribution < 1.29 is 14.7 Å². The van der Waals surface area contributed by atoms with Gasteiger partial charge >= 0.3 is 5.97 Å². The maximum atomic E-state index is 12.0. The number of carbonyl (C=O) groups is 2. The average Bonchev–Trinajstić information content (AvgIpc) is 2.25. The largest absolute Gasteiger partial charge is 0.478 e. The Labute approximate surface area is 115 Å². The molecule has 3 N–H and O–H groups in total. The number of carboxylic acid groups (broad SMARTS) is 1. The molecule has 0 radical (unpaired) electrons. The monoisotopic (exact) mass is 280 g/mol. The predicted octanol–water partition coefficient (Wildman–Crippen LogP) is 1.90. The summed E-state index contributed by atoms with van der Waals surface area (Å²) in [5.74, 6) is -1.47. The number of nitrogens with one attached hydrogen (secondary N) is 2. The number of anilines is 1. The summed E-state index contributed by atoms with van der Waals surface area (Å²) in [6.45, 7) is 3.11. The smallest absolute Gasteiger partial charge is 0.339 e. The lowest BCUT2D eigenvalue weighted by molar-refractivity contribution is -0.112. The third kappa shape index (κ3) is 2.77. The van der Waals surface area contributed by atoms with Crippen LogP contribution < -0.4 is 10.6 Å². The molecular formula is C13H13ClN2O3. The maximum Gasteiger partial charge on any atom is 0.339 e. The molecular weight excluding hydrogens is 268 g/mol. The van der Waals surface area contributed by atoms with Crippen molar-refractivity contribution in [2.75, 3.05) is 18.4 Å². The van der Waals surface area contributed by atoms with Gasteiger partial charge < -0.3 is 15.7 Å². The third-order valence-corrected chi connectivity index (χ3v) is 3.34. The molecule has 1 aliphatic rings. The fourth-order valence-electron chi connectivity index (χ4n) is 1.74. The number of aromatic carboxylic acids is 1. The van der Waals surface area contributed by atoms with Crippen LogP contribution in [0.1, 0.15) is 17.3 Å². The van der Waals surface area contributed by atoms with Gasteiger partial charge in [-0.15, -0.1) is 0 Å². The van der Waals surface area contributed by atoms with Gasteiger partial charge in [0.15, 0.2) is 0 Å². The Morgan fingerprint density at radius 1 is 1.37 bits per heavy atom. The predicted molar refractivity (Wildman–Crippen MR) is 72.6 cm³/mol. The van der Waals surface area contributed by atoms with Crippen LogP contribution in [0.2, 0.25) is 5.02 Å². The lowest BCUT2D eigenvalue weighted by Gasteiger charge is -2.21. The van der Waals surface area contributed by atoms with E-state index in [0.717, 1.165) is 5.57 Å². The number of hydrogen-bond donors (Lipinski definition) is 3. The summed E-state index contributed by atoms with van der Waals surface area (Å²) in [6.07, 6.45) is 0. The van der Waals surface area contributed by atoms with Crippen LogP contribution in [0.25, 0.3) is 0 Å². The second-order valence-corrected chi connectivity index (χ2v) is 4.66. The van der Waals surface area contributed by atoms with Crippen molar-refractivity contribution in [3.63, 3.8) is 0 Å². The first-order valence-electron chi connectivity index (χ1n) is 5.73. The van der Waals surface area contributed by atoms with Crippen molar-refractivity contribution in [1.29, 1.82) is 0 Å². The van der Waals surface area contributed by atoms with Crippen molar-refractivity contribution in [3.05, 3.63) is 39.9 Å². The van der Waals surface area contributed by atoms with Crippen LogP contribution in [-0.4, -0.2) is 30.1 Å². The van der Waals surface area contributed by atoms with E-state index >= 15 is 0 Å². The van der Waals surface area contributed by atoms with Crippen molar-refractivity contribution in [3.8, 4) is 0 Å². The fraction of sp³-hybridized carbons (Fsp3) is 0.231. The average molecular weight is 281 g/mol. The second-order valence-electron chi connectivity index (χ2n) is 4.25. The molecule has 1 aromatic rings. The molecule has 0 spiro atoms. The minimum absolute atomic E-state index is 0.0953. The van der Waals surface area contributed by atoms with Gasteiger partial charge in [0.25, 0.3) is 5.91 Å². The van der Waals surface area contributed by atoms with Crippen LogP contribution in [-0.2, 0) is 4.79 Å². The Kier molecular flexibility index (Phi) is 3.87. The molecule has 1 aliphatic heterocycles. The van der Waals surface area contributed by atoms with E-state index < -0.39 is 5.97 Å². The van der Waals surface area contributed by atoms with Crippen LogP contribution >= 0.6 is 11.6 Å². The third-order valence-electron chi connectivity index (χ3n) is 3.02. The molecule has 1 fully saturated rings. The summed E-state index contributed by atoms with van der Waals surface area (Å²) in [5.41, 5.74) is 1.74. The molecule has 100 valence electrons. The van der Waals surface area contributed by atoms with E-state index in [2.05, 4.69) is 10.6 Å². The van der Waals surface area contributed by atoms with Crippen LogP contribution in [0.15, 0.2) is 29.3 Å². The minimum atomic E-state index is -1.17. The molecule has 0 unspecified atom stereocenters. The molecule has 0 bridgehead atoms. The number of carbonyl (C=O) groups excluding carboxylic acids is 1. The minimum Gasteiger partial charge on any atom is -0.478 e. The SMILES string of the molecule is CC(C(=O)Nc1cccc(Cl)c1C(=O)O)=C1CNC1. The van der Waals surface area contributed by atoms with E-state index in [1.54, 1.807) is 13.0 Å². The molecule has 1 saturated heterocycles. The number of rotatable bonds is 3. The zero-order valence-corrected chi connectivity index (χ0v) is 11.0. The van der Waals surface area contributed by atoms with E-state index in [-0.39, 0.29) is 22.2 Å². The number of carboxylic acids is 1. The first-order chi connectivity index (χ1) is 9.00. The molecule has 5 nitrogen and oxygen atoms in total. The molecule has 19 heavy (non-hydrogen) atoms. The normalized spacial score (nSPS) is 13.7.